The first kappa shape index (κ1) is 45.2. The minimum Gasteiger partial charge on any atom is -0.308 e. The van der Waals surface area contributed by atoms with Crippen LogP contribution >= 0.6 is 71.3 Å². The molecule has 8 aromatic carbocycles. The fraction of sp³-hybridized carbons (Fsp3) is 0.0175. The van der Waals surface area contributed by atoms with Crippen LogP contribution in [-0.4, -0.2) is 46.7 Å². The van der Waals surface area contributed by atoms with Gasteiger partial charge in [-0.15, -0.1) is 0 Å². The Hall–Kier alpha value is -6.94. The molecule has 0 fully saturated rings. The van der Waals surface area contributed by atoms with Gasteiger partial charge in [-0.3, -0.25) is 0 Å². The van der Waals surface area contributed by atoms with Crippen molar-refractivity contribution >= 4 is 135 Å². The zero-order chi connectivity index (χ0) is 47.8. The average Bonchev–Trinajstić information content (AvgIpc) is 4.20. The van der Waals surface area contributed by atoms with E-state index in [1.807, 2.05) is 84.6 Å². The fourth-order valence-corrected chi connectivity index (χ4v) is 11.2. The van der Waals surface area contributed by atoms with E-state index in [0.717, 1.165) is 47.8 Å². The number of aliphatic imine (C=N–C) groups is 8. The normalized spacial score (nSPS) is 15.2. The molecule has 8 aromatic rings. The second-order valence-electron chi connectivity index (χ2n) is 16.4. The van der Waals surface area contributed by atoms with Crippen LogP contribution in [0.3, 0.4) is 0 Å². The van der Waals surface area contributed by atoms with Crippen molar-refractivity contribution in [3.63, 3.8) is 0 Å². The van der Waals surface area contributed by atoms with Gasteiger partial charge in [0.1, 0.15) is 0 Å². The van der Waals surface area contributed by atoms with Gasteiger partial charge in [0.2, 0.25) is 23.3 Å². The summed E-state index contributed by atoms with van der Waals surface area (Å²) in [5.41, 5.74) is 10.1. The number of halogens is 3. The minimum atomic E-state index is 0.568. The Kier molecular flexibility index (Phi) is 12.5. The SMILES string of the molecule is Brc1ccc(C2=NC3=NC(c4ccc(Br)cc4)=NC3=N2)cc1.Brc1ccc(C2=NC3=NC(c4ccc(N5c6ccccc6Sc6ccccc65)cc4)=NC3=N2)cc1.c1ccc2c(c1)Cc1ccccc1S2. The minimum absolute atomic E-state index is 0.568. The lowest BCUT2D eigenvalue weighted by Crippen LogP contribution is -2.14. The van der Waals surface area contributed by atoms with Gasteiger partial charge in [-0.2, -0.15) is 0 Å². The summed E-state index contributed by atoms with van der Waals surface area (Å²) in [4.78, 5) is 44.0. The van der Waals surface area contributed by atoms with E-state index < -0.39 is 0 Å². The molecule has 6 aliphatic rings. The number of hydrogen-bond acceptors (Lipinski definition) is 11. The molecule has 14 rings (SSSR count). The van der Waals surface area contributed by atoms with Crippen molar-refractivity contribution in [1.82, 2.24) is 0 Å². The van der Waals surface area contributed by atoms with E-state index in [1.165, 1.54) is 42.1 Å². The van der Waals surface area contributed by atoms with Gasteiger partial charge in [0.15, 0.2) is 23.3 Å². The second-order valence-corrected chi connectivity index (χ2v) is 21.3. The summed E-state index contributed by atoms with van der Waals surface area (Å²) in [5.74, 6) is 4.88. The molecule has 0 spiro atoms. The van der Waals surface area contributed by atoms with Gasteiger partial charge in [0, 0.05) is 60.9 Å². The van der Waals surface area contributed by atoms with Crippen LogP contribution < -0.4 is 4.90 Å². The molecule has 71 heavy (non-hydrogen) atoms. The molecule has 0 aromatic heterocycles. The summed E-state index contributed by atoms with van der Waals surface area (Å²) < 4.78 is 3.07. The number of rotatable bonds is 5. The number of anilines is 3. The highest BCUT2D eigenvalue weighted by atomic mass is 79.9. The van der Waals surface area contributed by atoms with Gasteiger partial charge in [-0.1, -0.05) is 168 Å². The van der Waals surface area contributed by atoms with Crippen LogP contribution in [0, 0.1) is 0 Å². The second kappa shape index (κ2) is 19.7. The molecule has 0 atom stereocenters. The topological polar surface area (TPSA) is 102 Å². The Morgan fingerprint density at radius 3 is 0.944 bits per heavy atom. The van der Waals surface area contributed by atoms with Crippen molar-refractivity contribution < 1.29 is 0 Å². The summed E-state index contributed by atoms with van der Waals surface area (Å²) in [7, 11) is 0. The first-order valence-corrected chi connectivity index (χ1v) is 26.4. The predicted octanol–water partition coefficient (Wildman–Crippen LogP) is 15.4. The van der Waals surface area contributed by atoms with Crippen molar-refractivity contribution in [3.05, 3.63) is 241 Å². The molecule has 0 saturated heterocycles. The highest BCUT2D eigenvalue weighted by Crippen LogP contribution is 2.51. The summed E-state index contributed by atoms with van der Waals surface area (Å²) in [6, 6.07) is 66.3. The Labute approximate surface area is 443 Å². The molecule has 0 radical (unpaired) electrons. The van der Waals surface area contributed by atoms with Crippen LogP contribution in [0.2, 0.25) is 0 Å². The van der Waals surface area contributed by atoms with Gasteiger partial charge in [0.25, 0.3) is 0 Å². The Balaban J connectivity index is 0.000000122. The Morgan fingerprint density at radius 2 is 0.577 bits per heavy atom. The molecule has 0 N–H and O–H groups in total. The van der Waals surface area contributed by atoms with Gasteiger partial charge >= 0.3 is 0 Å². The van der Waals surface area contributed by atoms with Gasteiger partial charge in [0.05, 0.1) is 11.4 Å². The number of amidine groups is 8. The molecule has 6 aliphatic heterocycles. The summed E-state index contributed by atoms with van der Waals surface area (Å²) in [6.07, 6.45) is 1.08. The smallest absolute Gasteiger partial charge is 0.202 e. The van der Waals surface area contributed by atoms with E-state index in [1.54, 1.807) is 11.8 Å². The molecule has 0 amide bonds. The monoisotopic (exact) mass is 1140 g/mol. The molecule has 340 valence electrons. The number of fused-ring (bicyclic) bond motifs is 6. The molecule has 0 aliphatic carbocycles. The Bertz CT molecular complexity index is 3480. The molecule has 6 heterocycles. The molecule has 14 heteroatoms. The number of benzene rings is 8. The maximum atomic E-state index is 4.65. The third-order valence-electron chi connectivity index (χ3n) is 11.8. The lowest BCUT2D eigenvalue weighted by Gasteiger charge is -2.32. The zero-order valence-electron chi connectivity index (χ0n) is 37.2. The van der Waals surface area contributed by atoms with Crippen LogP contribution in [0.1, 0.15) is 33.4 Å². The fourth-order valence-electron chi connectivity index (χ4n) is 8.28. The maximum absolute atomic E-state index is 4.65. The highest BCUT2D eigenvalue weighted by molar-refractivity contribution is 9.11. The van der Waals surface area contributed by atoms with Crippen molar-refractivity contribution in [3.8, 4) is 0 Å². The lowest BCUT2D eigenvalue weighted by molar-refractivity contribution is 1.06. The standard InChI is InChI=1S/C28H16BrN5S.C16H8Br2N4.C13H10S/c29-19-13-9-17(10-14-19)25-30-27-28(31-25)33-26(32-27)18-11-15-20(16-12-18)34-21-5-1-3-7-23(21)35-24-8-4-2-6-22(24)34;17-11-5-1-9(2-6-11)13-19-15-16(20-13)22-14(21-15)10-3-7-12(18)8-4-10;1-3-7-12-10(5-1)9-11-6-2-4-8-13(11)14-12/h1-16H;1-8H;1-8H,9H2. The molecule has 0 saturated carbocycles. The first-order chi connectivity index (χ1) is 34.8. The van der Waals surface area contributed by atoms with Crippen molar-refractivity contribution in [2.24, 2.45) is 39.9 Å². The van der Waals surface area contributed by atoms with Crippen LogP contribution in [-0.2, 0) is 6.42 Å². The highest BCUT2D eigenvalue weighted by Gasteiger charge is 2.28. The van der Waals surface area contributed by atoms with Crippen LogP contribution in [0.5, 0.6) is 0 Å². The van der Waals surface area contributed by atoms with Crippen molar-refractivity contribution in [2.75, 3.05) is 4.90 Å². The summed E-state index contributed by atoms with van der Waals surface area (Å²) in [6.45, 7) is 0. The molecule has 0 unspecified atom stereocenters. The first-order valence-electron chi connectivity index (χ1n) is 22.4. The third-order valence-corrected chi connectivity index (χ3v) is 15.7. The molecular formula is C57H34Br3N9S2. The van der Waals surface area contributed by atoms with E-state index >= 15 is 0 Å². The third kappa shape index (κ3) is 9.53. The van der Waals surface area contributed by atoms with E-state index in [-0.39, 0.29) is 0 Å². The van der Waals surface area contributed by atoms with Gasteiger partial charge < -0.3 is 4.90 Å². The van der Waals surface area contributed by atoms with Crippen LogP contribution in [0.15, 0.2) is 267 Å². The van der Waals surface area contributed by atoms with E-state index in [0.29, 0.717) is 46.7 Å². The van der Waals surface area contributed by atoms with Crippen LogP contribution in [0.25, 0.3) is 0 Å². The largest absolute Gasteiger partial charge is 0.308 e. The molecule has 9 nitrogen and oxygen atoms in total. The van der Waals surface area contributed by atoms with Crippen LogP contribution in [0.4, 0.5) is 17.1 Å². The zero-order valence-corrected chi connectivity index (χ0v) is 43.5. The quantitative estimate of drug-likeness (QED) is 0.171. The maximum Gasteiger partial charge on any atom is 0.202 e. The molecular weight excluding hydrogens is 1110 g/mol. The number of hydrogen-bond donors (Lipinski definition) is 0. The number of para-hydroxylation sites is 2. The van der Waals surface area contributed by atoms with E-state index in [2.05, 4.69) is 214 Å². The summed E-state index contributed by atoms with van der Waals surface area (Å²) >= 11 is 14.0. The molecule has 0 bridgehead atoms. The Morgan fingerprint density at radius 1 is 0.296 bits per heavy atom. The summed E-state index contributed by atoms with van der Waals surface area (Å²) in [5, 5.41) is 0. The van der Waals surface area contributed by atoms with Gasteiger partial charge in [-0.05, 0) is 115 Å². The van der Waals surface area contributed by atoms with Crippen molar-refractivity contribution in [1.29, 1.82) is 0 Å². The lowest BCUT2D eigenvalue weighted by atomic mass is 10.0. The van der Waals surface area contributed by atoms with Gasteiger partial charge in [-0.25, -0.2) is 39.9 Å². The van der Waals surface area contributed by atoms with E-state index in [9.17, 15) is 0 Å². The van der Waals surface area contributed by atoms with E-state index in [4.69, 9.17) is 0 Å². The average molecular weight is 1150 g/mol. The number of nitrogens with zero attached hydrogens (tertiary/aromatic N) is 9. The predicted molar refractivity (Wildman–Crippen MR) is 303 cm³/mol. The van der Waals surface area contributed by atoms with Crippen molar-refractivity contribution in [2.45, 2.75) is 26.0 Å².